The first-order chi connectivity index (χ1) is 38.4. The third-order valence-corrected chi connectivity index (χ3v) is 24.6. The second kappa shape index (κ2) is 15.1. The van der Waals surface area contributed by atoms with E-state index >= 15 is 0 Å². The summed E-state index contributed by atoms with van der Waals surface area (Å²) in [5.74, 6) is 5.33. The Kier molecular flexibility index (Phi) is 8.70. The molecule has 11 aliphatic rings. The number of fused-ring (bicyclic) bond motifs is 15. The van der Waals surface area contributed by atoms with Crippen LogP contribution in [0, 0.1) is 35.5 Å². The third kappa shape index (κ3) is 5.90. The van der Waals surface area contributed by atoms with E-state index in [0.29, 0.717) is 5.41 Å². The van der Waals surface area contributed by atoms with Crippen LogP contribution in [0.5, 0.6) is 0 Å². The van der Waals surface area contributed by atoms with E-state index in [-0.39, 0.29) is 23.1 Å². The summed E-state index contributed by atoms with van der Waals surface area (Å²) in [4.78, 5) is 2.85. The second-order valence-corrected chi connectivity index (χ2v) is 30.3. The Morgan fingerprint density at radius 2 is 1.15 bits per heavy atom. The smallest absolute Gasteiger partial charge is 0.334 e. The molecule has 388 valence electrons. The summed E-state index contributed by atoms with van der Waals surface area (Å²) in [6.45, 7) is 12.2. The molecule has 4 heteroatoms. The Morgan fingerprint density at radius 1 is 0.506 bits per heavy atom. The SMILES string of the molecule is CC(C)(C)c1ccc(N2c3sc4c(ccc5ccccc54)c3B3c4c(cc5c(c42)C(C)(C)c2ccccc2-5)-c2cc(C45CC6CC(CC(C6)C4)C5)cc4c5cc(C67CC8CC(CC(C8)C6)C7)ccc5n3c24)c(-c2ccccc2)c1. The van der Waals surface area contributed by atoms with E-state index in [0.717, 1.165) is 35.5 Å². The normalized spacial score (nSPS) is 27.9. The van der Waals surface area contributed by atoms with E-state index in [1.165, 1.54) is 197 Å². The maximum Gasteiger partial charge on any atom is 0.334 e. The van der Waals surface area contributed by atoms with Gasteiger partial charge in [0.05, 0.1) is 10.7 Å². The second-order valence-electron chi connectivity index (χ2n) is 29.3. The van der Waals surface area contributed by atoms with Crippen molar-refractivity contribution in [2.45, 2.75) is 133 Å². The average Bonchev–Trinajstić information content (AvgIpc) is 2.48. The van der Waals surface area contributed by atoms with Crippen LogP contribution in [0.15, 0.2) is 146 Å². The highest BCUT2D eigenvalue weighted by Crippen LogP contribution is 2.65. The molecule has 10 aromatic rings. The van der Waals surface area contributed by atoms with E-state index in [9.17, 15) is 0 Å². The number of anilines is 3. The number of nitrogens with zero attached hydrogens (tertiary/aromatic N) is 2. The Labute approximate surface area is 470 Å². The Morgan fingerprint density at radius 3 is 1.86 bits per heavy atom. The Bertz CT molecular complexity index is 4300. The number of thiophene rings is 1. The molecule has 2 nitrogen and oxygen atoms in total. The van der Waals surface area contributed by atoms with Gasteiger partial charge in [0.25, 0.3) is 0 Å². The molecule has 21 rings (SSSR count). The number of aromatic nitrogens is 1. The van der Waals surface area contributed by atoms with Crippen LogP contribution in [-0.4, -0.2) is 11.3 Å². The fourth-order valence-corrected chi connectivity index (χ4v) is 22.3. The summed E-state index contributed by atoms with van der Waals surface area (Å²) in [5.41, 5.74) is 24.7. The van der Waals surface area contributed by atoms with Crippen molar-refractivity contribution in [3.8, 4) is 33.4 Å². The lowest BCUT2D eigenvalue weighted by molar-refractivity contribution is -0.00527. The van der Waals surface area contributed by atoms with Gasteiger partial charge in [-0.2, -0.15) is 0 Å². The van der Waals surface area contributed by atoms with Gasteiger partial charge in [0.15, 0.2) is 0 Å². The third-order valence-electron chi connectivity index (χ3n) is 23.4. The zero-order chi connectivity index (χ0) is 52.2. The van der Waals surface area contributed by atoms with E-state index < -0.39 is 0 Å². The highest BCUT2D eigenvalue weighted by Gasteiger charge is 2.55. The van der Waals surface area contributed by atoms with Gasteiger partial charge in [-0.25, -0.2) is 0 Å². The molecule has 0 N–H and O–H groups in total. The van der Waals surface area contributed by atoms with Gasteiger partial charge in [-0.1, -0.05) is 138 Å². The average molecular weight is 1040 g/mol. The Balaban J connectivity index is 0.983. The molecular formula is C75H69BN2S. The summed E-state index contributed by atoms with van der Waals surface area (Å²) < 4.78 is 4.35. The van der Waals surface area contributed by atoms with Gasteiger partial charge in [-0.05, 0) is 248 Å². The molecule has 0 amide bonds. The quantitative estimate of drug-likeness (QED) is 0.160. The minimum Gasteiger partial charge on any atom is -0.375 e. The molecule has 0 saturated heterocycles. The van der Waals surface area contributed by atoms with Crippen LogP contribution in [0.3, 0.4) is 0 Å². The fraction of sp³-hybridized carbons (Fsp3) is 0.360. The maximum absolute atomic E-state index is 2.96. The van der Waals surface area contributed by atoms with E-state index in [4.69, 9.17) is 0 Å². The summed E-state index contributed by atoms with van der Waals surface area (Å²) in [6, 6.07) is 59.1. The lowest BCUT2D eigenvalue weighted by Gasteiger charge is -2.57. The monoisotopic (exact) mass is 1040 g/mol. The van der Waals surface area contributed by atoms with Crippen LogP contribution in [-0.2, 0) is 21.7 Å². The van der Waals surface area contributed by atoms with E-state index in [1.807, 2.05) is 11.3 Å². The van der Waals surface area contributed by atoms with Gasteiger partial charge in [0, 0.05) is 48.7 Å². The molecule has 0 spiro atoms. The van der Waals surface area contributed by atoms with Gasteiger partial charge in [0.1, 0.15) is 0 Å². The first-order valence-electron chi connectivity index (χ1n) is 30.8. The van der Waals surface area contributed by atoms with Crippen molar-refractivity contribution < 1.29 is 0 Å². The molecule has 2 aromatic heterocycles. The molecule has 8 bridgehead atoms. The molecule has 79 heavy (non-hydrogen) atoms. The molecule has 8 saturated carbocycles. The summed E-state index contributed by atoms with van der Waals surface area (Å²) >= 11 is 2.05. The maximum atomic E-state index is 2.96. The van der Waals surface area contributed by atoms with Gasteiger partial charge < -0.3 is 9.38 Å². The molecule has 2 aliphatic heterocycles. The first kappa shape index (κ1) is 45.4. The number of hydrogen-bond donors (Lipinski definition) is 0. The van der Waals surface area contributed by atoms with Crippen molar-refractivity contribution in [3.63, 3.8) is 0 Å². The van der Waals surface area contributed by atoms with Gasteiger partial charge in [-0.3, -0.25) is 0 Å². The predicted octanol–water partition coefficient (Wildman–Crippen LogP) is 18.8. The highest BCUT2D eigenvalue weighted by atomic mass is 32.1. The van der Waals surface area contributed by atoms with Crippen molar-refractivity contribution in [1.29, 1.82) is 0 Å². The zero-order valence-electron chi connectivity index (χ0n) is 46.7. The minimum atomic E-state index is -0.263. The lowest BCUT2D eigenvalue weighted by atomic mass is 9.44. The van der Waals surface area contributed by atoms with E-state index in [1.54, 1.807) is 11.1 Å². The molecule has 9 aliphatic carbocycles. The zero-order valence-corrected chi connectivity index (χ0v) is 47.5. The summed E-state index contributed by atoms with van der Waals surface area (Å²) in [5, 5.41) is 8.47. The molecule has 4 heterocycles. The largest absolute Gasteiger partial charge is 0.375 e. The standard InChI is InChI=1S/C75H69BN2S/c1-72(2,3)50-20-23-63(56(31-50)48-13-7-6-8-14-48)77-69-65-58(54-17-11-12-18-62(54)73(65,4)5)35-59-61-34-52(75-39-45-28-46(40-75)30-47(29-45)41-75)33-60-57-32-51(74-36-42-25-43(37-74)27-44(26-42)38-74)21-24-64(57)78(68(60)61)76(66(59)69)67-55-22-19-49-15-9-10-16-53(49)70(55)79-71(67)77/h6-24,31-35,42-47H,25-30,36-41H2,1-5H3. The number of rotatable bonds is 4. The van der Waals surface area contributed by atoms with Crippen LogP contribution >= 0.6 is 11.3 Å². The lowest BCUT2D eigenvalue weighted by Crippen LogP contribution is -2.57. The first-order valence-corrected chi connectivity index (χ1v) is 31.6. The van der Waals surface area contributed by atoms with Crippen molar-refractivity contribution in [2.75, 3.05) is 4.90 Å². The van der Waals surface area contributed by atoms with Crippen LogP contribution in [0.1, 0.15) is 139 Å². The Hall–Kier alpha value is -6.36. The minimum absolute atomic E-state index is 0.0257. The number of benzene rings is 8. The summed E-state index contributed by atoms with van der Waals surface area (Å²) in [7, 11) is 0. The van der Waals surface area contributed by atoms with Gasteiger partial charge in [0.2, 0.25) is 0 Å². The topological polar surface area (TPSA) is 8.17 Å². The van der Waals surface area contributed by atoms with E-state index in [2.05, 4.69) is 190 Å². The van der Waals surface area contributed by atoms with Crippen LogP contribution in [0.25, 0.3) is 76.0 Å². The van der Waals surface area contributed by atoms with Crippen LogP contribution in [0.4, 0.5) is 16.4 Å². The molecule has 8 fully saturated rings. The van der Waals surface area contributed by atoms with Crippen molar-refractivity contribution in [2.24, 2.45) is 35.5 Å². The molecule has 0 atom stereocenters. The fourth-order valence-electron chi connectivity index (χ4n) is 20.9. The van der Waals surface area contributed by atoms with Crippen LogP contribution in [0.2, 0.25) is 0 Å². The molecule has 0 unspecified atom stereocenters. The van der Waals surface area contributed by atoms with Gasteiger partial charge in [-0.15, -0.1) is 11.3 Å². The predicted molar refractivity (Wildman–Crippen MR) is 334 cm³/mol. The summed E-state index contributed by atoms with van der Waals surface area (Å²) in [6.07, 6.45) is 17.1. The van der Waals surface area contributed by atoms with Crippen molar-refractivity contribution in [1.82, 2.24) is 4.48 Å². The van der Waals surface area contributed by atoms with Crippen LogP contribution < -0.4 is 15.8 Å². The van der Waals surface area contributed by atoms with Gasteiger partial charge >= 0.3 is 6.85 Å². The number of hydrogen-bond acceptors (Lipinski definition) is 2. The van der Waals surface area contributed by atoms with Crippen molar-refractivity contribution >= 4 is 88.2 Å². The molecule has 8 aromatic carbocycles. The molecule has 0 radical (unpaired) electrons. The van der Waals surface area contributed by atoms with Crippen molar-refractivity contribution in [3.05, 3.63) is 173 Å². The highest BCUT2D eigenvalue weighted by molar-refractivity contribution is 7.26. The molecular weight excluding hydrogens is 972 g/mol.